The molecule has 0 saturated heterocycles. The zero-order valence-corrected chi connectivity index (χ0v) is 11.5. The Morgan fingerprint density at radius 2 is 1.67 bits per heavy atom. The summed E-state index contributed by atoms with van der Waals surface area (Å²) in [7, 11) is 0. The number of benzene rings is 1. The lowest BCUT2D eigenvalue weighted by Gasteiger charge is -2.06. The van der Waals surface area contributed by atoms with Crippen LogP contribution in [0.15, 0.2) is 50.0 Å². The second-order valence-electron chi connectivity index (χ2n) is 3.06. The lowest BCUT2D eigenvalue weighted by atomic mass is 10.1. The van der Waals surface area contributed by atoms with E-state index in [0.29, 0.717) is 4.67 Å². The summed E-state index contributed by atoms with van der Waals surface area (Å²) in [5.74, 6) is 0.742. The van der Waals surface area contributed by atoms with E-state index >= 15 is 0 Å². The molecule has 4 heteroatoms. The van der Waals surface area contributed by atoms with E-state index in [9.17, 15) is 0 Å². The van der Waals surface area contributed by atoms with Crippen LogP contribution in [0.1, 0.15) is 16.7 Å². The number of rotatable bonds is 2. The summed E-state index contributed by atoms with van der Waals surface area (Å²) in [6.07, 6.45) is 0. The molecule has 1 unspecified atom stereocenters. The van der Waals surface area contributed by atoms with Crippen molar-refractivity contribution in [3.8, 4) is 0 Å². The van der Waals surface area contributed by atoms with Crippen LogP contribution in [0.4, 0.5) is 0 Å². The fraction of sp³-hybridized carbons (Fsp3) is 0.0909. The second-order valence-corrected chi connectivity index (χ2v) is 5.19. The molecule has 0 bridgehead atoms. The molecule has 0 saturated carbocycles. The van der Waals surface area contributed by atoms with Crippen molar-refractivity contribution in [2.24, 2.45) is 0 Å². The lowest BCUT2D eigenvalue weighted by Crippen LogP contribution is -1.90. The third-order valence-electron chi connectivity index (χ3n) is 2.01. The van der Waals surface area contributed by atoms with Crippen molar-refractivity contribution in [3.63, 3.8) is 0 Å². The highest BCUT2D eigenvalue weighted by molar-refractivity contribution is 9.10. The minimum atomic E-state index is -0.246. The normalized spacial score (nSPS) is 12.7. The standard InChI is InChI=1S/C11H7Br2ClO/c12-8-3-1-7(2-4-8)11(14)9-5-6-10(13)15-9/h1-6,11H. The van der Waals surface area contributed by atoms with Crippen molar-refractivity contribution in [3.05, 3.63) is 56.9 Å². The molecule has 0 fully saturated rings. The van der Waals surface area contributed by atoms with Gasteiger partial charge in [0.15, 0.2) is 4.67 Å². The van der Waals surface area contributed by atoms with E-state index < -0.39 is 0 Å². The number of halogens is 3. The van der Waals surface area contributed by atoms with Crippen molar-refractivity contribution in [1.29, 1.82) is 0 Å². The highest BCUT2D eigenvalue weighted by Crippen LogP contribution is 2.31. The molecule has 0 aliphatic heterocycles. The second kappa shape index (κ2) is 4.73. The van der Waals surface area contributed by atoms with Gasteiger partial charge in [0.05, 0.1) is 0 Å². The van der Waals surface area contributed by atoms with Crippen LogP contribution in [0, 0.1) is 0 Å². The van der Waals surface area contributed by atoms with E-state index in [1.54, 1.807) is 0 Å². The van der Waals surface area contributed by atoms with Crippen LogP contribution in [0.25, 0.3) is 0 Å². The molecule has 0 N–H and O–H groups in total. The molecule has 1 nitrogen and oxygen atoms in total. The van der Waals surface area contributed by atoms with Crippen LogP contribution < -0.4 is 0 Å². The van der Waals surface area contributed by atoms with Gasteiger partial charge in [0.1, 0.15) is 11.1 Å². The molecule has 0 aliphatic carbocycles. The first-order valence-electron chi connectivity index (χ1n) is 4.31. The summed E-state index contributed by atoms with van der Waals surface area (Å²) in [5.41, 5.74) is 1.02. The molecule has 0 amide bonds. The summed E-state index contributed by atoms with van der Waals surface area (Å²) in [6, 6.07) is 11.6. The quantitative estimate of drug-likeness (QED) is 0.684. The molecule has 1 atom stereocenters. The molecule has 2 aromatic rings. The minimum Gasteiger partial charge on any atom is -0.452 e. The Labute approximate surface area is 110 Å². The van der Waals surface area contributed by atoms with Gasteiger partial charge >= 0.3 is 0 Å². The Balaban J connectivity index is 2.28. The van der Waals surface area contributed by atoms with Gasteiger partial charge in [-0.1, -0.05) is 28.1 Å². The first-order chi connectivity index (χ1) is 7.16. The third-order valence-corrected chi connectivity index (χ3v) is 3.43. The predicted molar refractivity (Wildman–Crippen MR) is 68.2 cm³/mol. The van der Waals surface area contributed by atoms with Crippen LogP contribution in [0.2, 0.25) is 0 Å². The van der Waals surface area contributed by atoms with Gasteiger partial charge < -0.3 is 4.42 Å². The van der Waals surface area contributed by atoms with Crippen LogP contribution in [-0.4, -0.2) is 0 Å². The molecule has 1 aromatic carbocycles. The van der Waals surface area contributed by atoms with Crippen molar-refractivity contribution < 1.29 is 4.42 Å². The Hall–Kier alpha value is -0.250. The fourth-order valence-corrected chi connectivity index (χ4v) is 2.11. The average Bonchev–Trinajstić information content (AvgIpc) is 2.65. The van der Waals surface area contributed by atoms with Gasteiger partial charge in [0, 0.05) is 4.47 Å². The third kappa shape index (κ3) is 2.65. The van der Waals surface area contributed by atoms with Crippen molar-refractivity contribution in [2.75, 3.05) is 0 Å². The maximum Gasteiger partial charge on any atom is 0.169 e. The van der Waals surface area contributed by atoms with E-state index in [0.717, 1.165) is 15.8 Å². The molecule has 1 heterocycles. The van der Waals surface area contributed by atoms with E-state index in [1.807, 2.05) is 36.4 Å². The maximum absolute atomic E-state index is 6.27. The molecular formula is C11H7Br2ClO. The first-order valence-corrected chi connectivity index (χ1v) is 6.34. The summed E-state index contributed by atoms with van der Waals surface area (Å²) < 4.78 is 7.14. The summed E-state index contributed by atoms with van der Waals surface area (Å²) in [5, 5.41) is -0.246. The van der Waals surface area contributed by atoms with Crippen molar-refractivity contribution >= 4 is 43.5 Å². The molecule has 2 rings (SSSR count). The molecule has 0 radical (unpaired) electrons. The predicted octanol–water partition coefficient (Wildman–Crippen LogP) is 5.13. The Kier molecular flexibility index (Phi) is 3.54. The number of furan rings is 1. The first kappa shape index (κ1) is 11.2. The summed E-state index contributed by atoms with van der Waals surface area (Å²) in [6.45, 7) is 0. The average molecular weight is 350 g/mol. The smallest absolute Gasteiger partial charge is 0.169 e. The van der Waals surface area contributed by atoms with E-state index in [-0.39, 0.29) is 5.38 Å². The molecule has 15 heavy (non-hydrogen) atoms. The van der Waals surface area contributed by atoms with Crippen LogP contribution in [0.3, 0.4) is 0 Å². The molecule has 78 valence electrons. The Bertz CT molecular complexity index is 450. The molecular weight excluding hydrogens is 343 g/mol. The highest BCUT2D eigenvalue weighted by Gasteiger charge is 2.14. The van der Waals surface area contributed by atoms with Gasteiger partial charge in [-0.25, -0.2) is 0 Å². The number of hydrogen-bond donors (Lipinski definition) is 0. The van der Waals surface area contributed by atoms with Gasteiger partial charge in [-0.2, -0.15) is 0 Å². The van der Waals surface area contributed by atoms with Crippen molar-refractivity contribution in [1.82, 2.24) is 0 Å². The monoisotopic (exact) mass is 348 g/mol. The Morgan fingerprint density at radius 3 is 2.20 bits per heavy atom. The maximum atomic E-state index is 6.27. The van der Waals surface area contributed by atoms with Gasteiger partial charge in [-0.15, -0.1) is 11.6 Å². The van der Waals surface area contributed by atoms with Gasteiger partial charge in [0.25, 0.3) is 0 Å². The molecule has 0 aliphatic rings. The van der Waals surface area contributed by atoms with E-state index in [4.69, 9.17) is 16.0 Å². The lowest BCUT2D eigenvalue weighted by molar-refractivity contribution is 0.494. The van der Waals surface area contributed by atoms with Gasteiger partial charge in [-0.05, 0) is 45.8 Å². The van der Waals surface area contributed by atoms with Crippen LogP contribution >= 0.6 is 43.5 Å². The van der Waals surface area contributed by atoms with Gasteiger partial charge in [0.2, 0.25) is 0 Å². The molecule has 0 spiro atoms. The summed E-state index contributed by atoms with van der Waals surface area (Å²) >= 11 is 12.9. The Morgan fingerprint density at radius 1 is 1.00 bits per heavy atom. The SMILES string of the molecule is ClC(c1ccc(Br)cc1)c1ccc(Br)o1. The number of hydrogen-bond acceptors (Lipinski definition) is 1. The molecule has 1 aromatic heterocycles. The highest BCUT2D eigenvalue weighted by atomic mass is 79.9. The fourth-order valence-electron chi connectivity index (χ4n) is 1.26. The topological polar surface area (TPSA) is 13.1 Å². The van der Waals surface area contributed by atoms with Crippen molar-refractivity contribution in [2.45, 2.75) is 5.38 Å². The minimum absolute atomic E-state index is 0.246. The van der Waals surface area contributed by atoms with E-state index in [2.05, 4.69) is 31.9 Å². The zero-order valence-electron chi connectivity index (χ0n) is 7.58. The van der Waals surface area contributed by atoms with E-state index in [1.165, 1.54) is 0 Å². The number of alkyl halides is 1. The van der Waals surface area contributed by atoms with Gasteiger partial charge in [-0.3, -0.25) is 0 Å². The zero-order chi connectivity index (χ0) is 10.8. The summed E-state index contributed by atoms with van der Waals surface area (Å²) in [4.78, 5) is 0. The van der Waals surface area contributed by atoms with Crippen LogP contribution in [-0.2, 0) is 0 Å². The largest absolute Gasteiger partial charge is 0.452 e. The van der Waals surface area contributed by atoms with Crippen LogP contribution in [0.5, 0.6) is 0 Å².